The summed E-state index contributed by atoms with van der Waals surface area (Å²) in [5, 5.41) is 13.4. The van der Waals surface area contributed by atoms with Crippen molar-refractivity contribution in [3.63, 3.8) is 0 Å². The van der Waals surface area contributed by atoms with Gasteiger partial charge in [0, 0.05) is 61.6 Å². The highest BCUT2D eigenvalue weighted by Gasteiger charge is 2.38. The highest BCUT2D eigenvalue weighted by atomic mass is 19.4. The molecule has 2 aliphatic heterocycles. The molecule has 0 bridgehead atoms. The van der Waals surface area contributed by atoms with Crippen LogP contribution in [0.1, 0.15) is 125 Å². The zero-order valence-electron chi connectivity index (χ0n) is 40.3. The predicted molar refractivity (Wildman–Crippen MR) is 261 cm³/mol. The normalized spacial score (nSPS) is 21.1. The number of aryl methyl sites for hydroxylation is 1. The van der Waals surface area contributed by atoms with Crippen molar-refractivity contribution in [3.8, 4) is 0 Å². The first kappa shape index (κ1) is 52.9. The van der Waals surface area contributed by atoms with Crippen LogP contribution in [0.3, 0.4) is 0 Å². The summed E-state index contributed by atoms with van der Waals surface area (Å²) in [5.41, 5.74) is 0.807. The Hall–Kier alpha value is -5.94. The fraction of sp³-hybridized carbons (Fsp3) is 0.481. The van der Waals surface area contributed by atoms with Crippen LogP contribution in [-0.2, 0) is 21.9 Å². The molecule has 0 spiro atoms. The molecular weight excluding hydrogens is 925 g/mol. The van der Waals surface area contributed by atoms with Crippen molar-refractivity contribution in [1.82, 2.24) is 31.1 Å². The topological polar surface area (TPSA) is 135 Å². The summed E-state index contributed by atoms with van der Waals surface area (Å²) in [6.45, 7) is 6.16. The van der Waals surface area contributed by atoms with Crippen molar-refractivity contribution >= 4 is 29.3 Å². The molecule has 4 fully saturated rings. The summed E-state index contributed by atoms with van der Waals surface area (Å²) in [4.78, 5) is 54.0. The highest BCUT2D eigenvalue weighted by Crippen LogP contribution is 2.39. The minimum atomic E-state index is -4.60. The number of likely N-dealkylation sites (tertiary alicyclic amines) is 2. The molecule has 2 aliphatic carbocycles. The summed E-state index contributed by atoms with van der Waals surface area (Å²) in [6.07, 6.45) is 0.788. The van der Waals surface area contributed by atoms with Gasteiger partial charge in [0.25, 0.3) is 11.8 Å². The molecule has 4 aromatic rings. The number of hydrogen-bond acceptors (Lipinski definition) is 7. The molecule has 2 heterocycles. The average molecular weight is 990 g/mol. The first-order valence-electron chi connectivity index (χ1n) is 24.8. The second-order valence-electron chi connectivity index (χ2n) is 19.3. The van der Waals surface area contributed by atoms with Gasteiger partial charge in [-0.1, -0.05) is 73.7 Å². The number of nitrogens with zero attached hydrogens (tertiary/aromatic N) is 2. The Morgan fingerprint density at radius 1 is 0.549 bits per heavy atom. The molecule has 17 heteroatoms. The summed E-state index contributed by atoms with van der Waals surface area (Å²) < 4.78 is 79.5. The number of benzene rings is 4. The Kier molecular flexibility index (Phi) is 17.9. The molecule has 2 saturated carbocycles. The van der Waals surface area contributed by atoms with Crippen LogP contribution in [0.25, 0.3) is 0 Å². The SMILES string of the molecule is CCCNc1ccc(C(=O)NCC(=O)NC2CN(C3CCC(c4ccccc4)CC3)C2)cc1C(F)(F)F.Cc1ccc(C(=O)NCC(=O)NC2CN(C3CCC(c4ccccc4)CC3)C2)cc1C(F)(F)F. The first-order valence-corrected chi connectivity index (χ1v) is 24.8. The lowest BCUT2D eigenvalue weighted by atomic mass is 9.80. The molecule has 5 N–H and O–H groups in total. The number of carbonyl (C=O) groups excluding carboxylic acids is 4. The summed E-state index contributed by atoms with van der Waals surface area (Å²) in [5.74, 6) is -0.858. The van der Waals surface area contributed by atoms with Gasteiger partial charge in [-0.05, 0) is 124 Å². The largest absolute Gasteiger partial charge is 0.418 e. The molecule has 0 radical (unpaired) electrons. The van der Waals surface area contributed by atoms with Crippen LogP contribution in [0.15, 0.2) is 97.1 Å². The number of nitrogens with one attached hydrogen (secondary N) is 5. The van der Waals surface area contributed by atoms with E-state index in [1.165, 1.54) is 68.0 Å². The van der Waals surface area contributed by atoms with Crippen molar-refractivity contribution in [2.45, 2.75) is 120 Å². The highest BCUT2D eigenvalue weighted by molar-refractivity contribution is 5.97. The molecule has 4 amide bonds. The van der Waals surface area contributed by atoms with E-state index in [1.807, 2.05) is 19.1 Å². The van der Waals surface area contributed by atoms with Crippen molar-refractivity contribution in [1.29, 1.82) is 0 Å². The Balaban J connectivity index is 0.000000209. The van der Waals surface area contributed by atoms with E-state index in [0.29, 0.717) is 36.9 Å². The molecular formula is C54H65F6N7O4. The standard InChI is InChI=1S/C28H35F3N4O2.C26H30F3N3O2/c1-2-14-32-25-13-10-21(15-24(25)28(29,30)31)27(37)33-16-26(36)34-22-17-35(18-22)23-11-8-20(9-12-23)19-6-4-3-5-7-19;1-17-7-8-20(13-23(17)26(27,28)29)25(34)30-14-24(33)31-21-15-32(16-21)22-11-9-19(10-12-22)18-5-3-2-4-6-18/h3-7,10,13,15,20,22-23,32H,2,8-9,11-12,14,16-18H2,1H3,(H,33,37)(H,34,36);2-8,13,19,21-22H,9-12,14-16H2,1H3,(H,30,34)(H,31,33). The molecule has 8 rings (SSSR count). The van der Waals surface area contributed by atoms with Crippen molar-refractivity contribution in [2.24, 2.45) is 0 Å². The van der Waals surface area contributed by atoms with E-state index in [4.69, 9.17) is 0 Å². The monoisotopic (exact) mass is 990 g/mol. The van der Waals surface area contributed by atoms with E-state index >= 15 is 0 Å². The van der Waals surface area contributed by atoms with E-state index in [1.54, 1.807) is 0 Å². The van der Waals surface area contributed by atoms with Crippen LogP contribution < -0.4 is 26.6 Å². The van der Waals surface area contributed by atoms with Crippen LogP contribution >= 0.6 is 0 Å². The van der Waals surface area contributed by atoms with Gasteiger partial charge in [-0.15, -0.1) is 0 Å². The van der Waals surface area contributed by atoms with Crippen molar-refractivity contribution in [2.75, 3.05) is 51.1 Å². The molecule has 2 saturated heterocycles. The number of anilines is 1. The smallest absolute Gasteiger partial charge is 0.385 e. The van der Waals surface area contributed by atoms with Gasteiger partial charge in [0.1, 0.15) is 0 Å². The van der Waals surface area contributed by atoms with Crippen LogP contribution in [0.2, 0.25) is 0 Å². The third kappa shape index (κ3) is 14.6. The second kappa shape index (κ2) is 24.0. The second-order valence-corrected chi connectivity index (χ2v) is 19.3. The van der Waals surface area contributed by atoms with Crippen LogP contribution in [0.5, 0.6) is 0 Å². The predicted octanol–water partition coefficient (Wildman–Crippen LogP) is 9.05. The van der Waals surface area contributed by atoms with Crippen LogP contribution in [0, 0.1) is 6.92 Å². The number of amides is 4. The minimum absolute atomic E-state index is 0.0250. The van der Waals surface area contributed by atoms with E-state index < -0.39 is 35.3 Å². The van der Waals surface area contributed by atoms with Gasteiger partial charge in [-0.3, -0.25) is 29.0 Å². The molecule has 0 atom stereocenters. The van der Waals surface area contributed by atoms with E-state index in [0.717, 1.165) is 64.0 Å². The molecule has 4 aromatic carbocycles. The molecule has 11 nitrogen and oxygen atoms in total. The average Bonchev–Trinajstić information content (AvgIpc) is 3.34. The molecule has 0 unspecified atom stereocenters. The number of hydrogen-bond donors (Lipinski definition) is 5. The molecule has 71 heavy (non-hydrogen) atoms. The summed E-state index contributed by atoms with van der Waals surface area (Å²) in [6, 6.07) is 29.2. The van der Waals surface area contributed by atoms with Gasteiger partial charge in [0.15, 0.2) is 0 Å². The van der Waals surface area contributed by atoms with E-state index in [9.17, 15) is 45.5 Å². The lowest BCUT2D eigenvalue weighted by Gasteiger charge is -2.46. The van der Waals surface area contributed by atoms with Crippen LogP contribution in [0.4, 0.5) is 32.0 Å². The van der Waals surface area contributed by atoms with Gasteiger partial charge >= 0.3 is 12.4 Å². The van der Waals surface area contributed by atoms with E-state index in [2.05, 4.69) is 84.9 Å². The maximum absolute atomic E-state index is 13.4. The molecule has 4 aliphatic rings. The van der Waals surface area contributed by atoms with Gasteiger partial charge in [-0.25, -0.2) is 0 Å². The van der Waals surface area contributed by atoms with Gasteiger partial charge in [0.05, 0.1) is 36.3 Å². The minimum Gasteiger partial charge on any atom is -0.385 e. The van der Waals surface area contributed by atoms with Crippen molar-refractivity contribution < 1.29 is 45.5 Å². The molecule has 382 valence electrons. The van der Waals surface area contributed by atoms with Crippen molar-refractivity contribution in [3.05, 3.63) is 136 Å². The summed E-state index contributed by atoms with van der Waals surface area (Å²) >= 11 is 0. The third-order valence-electron chi connectivity index (χ3n) is 14.3. The Bertz CT molecular complexity index is 2410. The zero-order valence-corrected chi connectivity index (χ0v) is 40.3. The van der Waals surface area contributed by atoms with Crippen LogP contribution in [-0.4, -0.2) is 103 Å². The van der Waals surface area contributed by atoms with Gasteiger partial charge in [-0.2, -0.15) is 26.3 Å². The number of halogens is 6. The zero-order chi connectivity index (χ0) is 50.7. The molecule has 0 aromatic heterocycles. The number of alkyl halides is 6. The Morgan fingerprint density at radius 2 is 0.958 bits per heavy atom. The maximum Gasteiger partial charge on any atom is 0.418 e. The fourth-order valence-corrected chi connectivity index (χ4v) is 10.3. The Labute approximate surface area is 411 Å². The maximum atomic E-state index is 13.4. The quantitative estimate of drug-likeness (QED) is 0.0751. The lowest BCUT2D eigenvalue weighted by molar-refractivity contribution is -0.138. The first-order chi connectivity index (χ1) is 33.9. The van der Waals surface area contributed by atoms with Gasteiger partial charge in [0.2, 0.25) is 11.8 Å². The van der Waals surface area contributed by atoms with E-state index in [-0.39, 0.29) is 59.4 Å². The number of rotatable bonds is 15. The van der Waals surface area contributed by atoms with Gasteiger partial charge < -0.3 is 26.6 Å². The fourth-order valence-electron chi connectivity index (χ4n) is 10.3. The third-order valence-corrected chi connectivity index (χ3v) is 14.3. The summed E-state index contributed by atoms with van der Waals surface area (Å²) in [7, 11) is 0. The number of carbonyl (C=O) groups is 4. The lowest BCUT2D eigenvalue weighted by Crippen LogP contribution is -2.63. The Morgan fingerprint density at radius 3 is 1.37 bits per heavy atom.